The van der Waals surface area contributed by atoms with Gasteiger partial charge in [0, 0.05) is 56.5 Å². The van der Waals surface area contributed by atoms with Crippen LogP contribution in [0.15, 0.2) is 18.2 Å². The van der Waals surface area contributed by atoms with Crippen molar-refractivity contribution >= 4 is 29.4 Å². The fraction of sp³-hybridized carbons (Fsp3) is 0.667. The van der Waals surface area contributed by atoms with Crippen LogP contribution >= 0.6 is 11.6 Å². The summed E-state index contributed by atoms with van der Waals surface area (Å²) >= 11 is 6.34. The molecule has 0 bridgehead atoms. The molecular formula is C24H28ClF6N3O4. The van der Waals surface area contributed by atoms with Crippen LogP contribution in [0.2, 0.25) is 5.02 Å². The highest BCUT2D eigenvalue weighted by Crippen LogP contribution is 2.42. The van der Waals surface area contributed by atoms with Gasteiger partial charge in [-0.15, -0.1) is 0 Å². The lowest BCUT2D eigenvalue weighted by Crippen LogP contribution is -2.60. The van der Waals surface area contributed by atoms with Gasteiger partial charge in [-0.25, -0.2) is 4.79 Å². The van der Waals surface area contributed by atoms with E-state index in [9.17, 15) is 41.0 Å². The van der Waals surface area contributed by atoms with Gasteiger partial charge < -0.3 is 19.6 Å². The number of carboxylic acids is 1. The van der Waals surface area contributed by atoms with Gasteiger partial charge in [0.2, 0.25) is 0 Å². The van der Waals surface area contributed by atoms with Crippen molar-refractivity contribution in [2.75, 3.05) is 44.2 Å². The van der Waals surface area contributed by atoms with Crippen LogP contribution in [0.4, 0.5) is 36.8 Å². The molecule has 0 aliphatic carbocycles. The van der Waals surface area contributed by atoms with Crippen molar-refractivity contribution in [3.8, 4) is 0 Å². The summed E-state index contributed by atoms with van der Waals surface area (Å²) in [6.45, 7) is 3.23. The zero-order chi connectivity index (χ0) is 27.9. The number of anilines is 1. The summed E-state index contributed by atoms with van der Waals surface area (Å²) in [4.78, 5) is 28.4. The second kappa shape index (κ2) is 10.6. The van der Waals surface area contributed by atoms with Gasteiger partial charge in [0.15, 0.2) is 0 Å². The summed E-state index contributed by atoms with van der Waals surface area (Å²) in [5.41, 5.74) is 1.74. The Kier molecular flexibility index (Phi) is 8.00. The van der Waals surface area contributed by atoms with Crippen molar-refractivity contribution in [3.63, 3.8) is 0 Å². The number of ether oxygens (including phenoxy) is 1. The molecule has 7 nitrogen and oxygen atoms in total. The minimum atomic E-state index is -5.74. The monoisotopic (exact) mass is 571 g/mol. The van der Waals surface area contributed by atoms with Crippen molar-refractivity contribution in [1.82, 2.24) is 9.80 Å². The maximum absolute atomic E-state index is 12.7. The third-order valence-corrected chi connectivity index (χ3v) is 7.79. The molecule has 0 unspecified atom stereocenters. The maximum atomic E-state index is 12.7. The van der Waals surface area contributed by atoms with E-state index in [-0.39, 0.29) is 24.4 Å². The van der Waals surface area contributed by atoms with Gasteiger partial charge in [-0.1, -0.05) is 11.6 Å². The Bertz CT molecular complexity index is 1010. The van der Waals surface area contributed by atoms with Crippen LogP contribution in [0.25, 0.3) is 0 Å². The molecule has 3 aliphatic rings. The number of nitrogens with zero attached hydrogens (tertiary/aromatic N) is 3. The first-order chi connectivity index (χ1) is 17.6. The standard InChI is InChI=1S/C24H28ClF6N3O4/c25-17-9-15(10-18(11-17)33-5-1-16(2-6-33)19(35)36)12-32-13-22(14-32)3-7-34(8-4-22)21(37)38-20(23(26,27)28)24(29,30)31/h9-11,16,20H,1-8,12-14H2,(H,35,36). The summed E-state index contributed by atoms with van der Waals surface area (Å²) in [5, 5.41) is 9.77. The zero-order valence-corrected chi connectivity index (χ0v) is 21.1. The zero-order valence-electron chi connectivity index (χ0n) is 20.3. The molecule has 0 aromatic heterocycles. The van der Waals surface area contributed by atoms with Crippen molar-refractivity contribution in [1.29, 1.82) is 0 Å². The maximum Gasteiger partial charge on any atom is 0.434 e. The SMILES string of the molecule is O=C(O)C1CCN(c2cc(Cl)cc(CN3CC4(CCN(C(=O)OC(C(F)(F)F)C(F)(F)F)CC4)C3)c2)CC1. The number of carboxylic acid groups (broad SMARTS) is 1. The van der Waals surface area contributed by atoms with Gasteiger partial charge in [-0.3, -0.25) is 9.69 Å². The van der Waals surface area contributed by atoms with Gasteiger partial charge in [0.25, 0.3) is 6.10 Å². The molecule has 0 radical (unpaired) electrons. The van der Waals surface area contributed by atoms with Gasteiger partial charge in [-0.2, -0.15) is 26.3 Å². The smallest absolute Gasteiger partial charge is 0.434 e. The van der Waals surface area contributed by atoms with E-state index in [1.165, 1.54) is 0 Å². The first-order valence-electron chi connectivity index (χ1n) is 12.2. The Labute approximate surface area is 220 Å². The van der Waals surface area contributed by atoms with Crippen LogP contribution in [0.3, 0.4) is 0 Å². The molecule has 212 valence electrons. The Hall–Kier alpha value is -2.41. The van der Waals surface area contributed by atoms with Crippen LogP contribution in [-0.2, 0) is 16.1 Å². The number of carbonyl (C=O) groups excluding carboxylic acids is 1. The number of likely N-dealkylation sites (tertiary alicyclic amines) is 2. The average Bonchev–Trinajstić information content (AvgIpc) is 2.80. The molecular weight excluding hydrogens is 544 g/mol. The Morgan fingerprint density at radius 2 is 1.58 bits per heavy atom. The summed E-state index contributed by atoms with van der Waals surface area (Å²) < 4.78 is 80.0. The summed E-state index contributed by atoms with van der Waals surface area (Å²) in [6.07, 6.45) is -15.2. The minimum Gasteiger partial charge on any atom is -0.481 e. The van der Waals surface area contributed by atoms with E-state index in [2.05, 4.69) is 14.5 Å². The van der Waals surface area contributed by atoms with E-state index in [1.807, 2.05) is 18.2 Å². The van der Waals surface area contributed by atoms with E-state index < -0.39 is 30.5 Å². The fourth-order valence-corrected chi connectivity index (χ4v) is 5.79. The number of alkyl halides is 6. The van der Waals surface area contributed by atoms with E-state index in [1.54, 1.807) is 0 Å². The van der Waals surface area contributed by atoms with E-state index in [0.29, 0.717) is 63.4 Å². The van der Waals surface area contributed by atoms with E-state index in [4.69, 9.17) is 11.6 Å². The molecule has 3 fully saturated rings. The Morgan fingerprint density at radius 1 is 1.00 bits per heavy atom. The molecule has 1 spiro atoms. The fourth-order valence-electron chi connectivity index (χ4n) is 5.54. The topological polar surface area (TPSA) is 73.3 Å². The number of rotatable bonds is 5. The van der Waals surface area contributed by atoms with Gasteiger partial charge in [0.05, 0.1) is 5.92 Å². The normalized spacial score (nSPS) is 21.1. The van der Waals surface area contributed by atoms with E-state index in [0.717, 1.165) is 16.2 Å². The number of hydrogen-bond donors (Lipinski definition) is 1. The molecule has 4 rings (SSSR count). The lowest BCUT2D eigenvalue weighted by atomic mass is 9.72. The highest BCUT2D eigenvalue weighted by molar-refractivity contribution is 6.30. The lowest BCUT2D eigenvalue weighted by Gasteiger charge is -2.54. The number of piperidine rings is 2. The number of aliphatic carboxylic acids is 1. The number of halogens is 7. The second-order valence-corrected chi connectivity index (χ2v) is 10.8. The number of benzene rings is 1. The Morgan fingerprint density at radius 3 is 2.11 bits per heavy atom. The van der Waals surface area contributed by atoms with Crippen molar-refractivity contribution in [2.45, 2.75) is 50.7 Å². The molecule has 1 amide bonds. The quantitative estimate of drug-likeness (QED) is 0.492. The predicted molar refractivity (Wildman–Crippen MR) is 125 cm³/mol. The van der Waals surface area contributed by atoms with Crippen molar-refractivity contribution in [3.05, 3.63) is 28.8 Å². The lowest BCUT2D eigenvalue weighted by molar-refractivity contribution is -0.308. The van der Waals surface area contributed by atoms with Crippen molar-refractivity contribution < 1.29 is 45.8 Å². The van der Waals surface area contributed by atoms with Crippen LogP contribution in [-0.4, -0.2) is 84.7 Å². The number of amides is 1. The van der Waals surface area contributed by atoms with Crippen LogP contribution < -0.4 is 4.90 Å². The summed E-state index contributed by atoms with van der Waals surface area (Å²) in [7, 11) is 0. The highest BCUT2D eigenvalue weighted by atomic mass is 35.5. The molecule has 14 heteroatoms. The number of carbonyl (C=O) groups is 2. The van der Waals surface area contributed by atoms with Gasteiger partial charge in [0.1, 0.15) is 0 Å². The summed E-state index contributed by atoms with van der Waals surface area (Å²) in [5.74, 6) is -1.12. The average molecular weight is 572 g/mol. The van der Waals surface area contributed by atoms with Gasteiger partial charge >= 0.3 is 24.4 Å². The molecule has 0 saturated carbocycles. The second-order valence-electron chi connectivity index (χ2n) is 10.4. The minimum absolute atomic E-state index is 0.0166. The van der Waals surface area contributed by atoms with Gasteiger partial charge in [-0.05, 0) is 54.9 Å². The molecule has 1 aromatic carbocycles. The molecule has 38 heavy (non-hydrogen) atoms. The third kappa shape index (κ3) is 6.59. The largest absolute Gasteiger partial charge is 0.481 e. The molecule has 0 atom stereocenters. The molecule has 1 N–H and O–H groups in total. The van der Waals surface area contributed by atoms with Crippen LogP contribution in [0.5, 0.6) is 0 Å². The first-order valence-corrected chi connectivity index (χ1v) is 12.6. The third-order valence-electron chi connectivity index (χ3n) is 7.57. The summed E-state index contributed by atoms with van der Waals surface area (Å²) in [6, 6.07) is 5.73. The predicted octanol–water partition coefficient (Wildman–Crippen LogP) is 5.17. The molecule has 3 heterocycles. The molecule has 1 aromatic rings. The highest BCUT2D eigenvalue weighted by Gasteiger charge is 2.60. The van der Waals surface area contributed by atoms with Crippen LogP contribution in [0, 0.1) is 11.3 Å². The van der Waals surface area contributed by atoms with Crippen LogP contribution in [0.1, 0.15) is 31.2 Å². The van der Waals surface area contributed by atoms with E-state index >= 15 is 0 Å². The molecule has 3 saturated heterocycles. The van der Waals surface area contributed by atoms with Crippen molar-refractivity contribution in [2.24, 2.45) is 11.3 Å². The number of hydrogen-bond acceptors (Lipinski definition) is 5. The first kappa shape index (κ1) is 28.6. The Balaban J connectivity index is 1.27. The molecule has 3 aliphatic heterocycles.